The lowest BCUT2D eigenvalue weighted by Crippen LogP contribution is -2.42. The fraction of sp³-hybridized carbons (Fsp3) is 0.583. The summed E-state index contributed by atoms with van der Waals surface area (Å²) < 4.78 is 1.97. The zero-order chi connectivity index (χ0) is 22.2. The van der Waals surface area contributed by atoms with E-state index in [4.69, 9.17) is 0 Å². The van der Waals surface area contributed by atoms with Crippen LogP contribution in [0.15, 0.2) is 23.0 Å². The zero-order valence-electron chi connectivity index (χ0n) is 18.9. The molecule has 0 amide bonds. The summed E-state index contributed by atoms with van der Waals surface area (Å²) in [5.74, 6) is 0.739. The third-order valence-electron chi connectivity index (χ3n) is 7.31. The van der Waals surface area contributed by atoms with Gasteiger partial charge in [-0.1, -0.05) is 31.4 Å². The van der Waals surface area contributed by atoms with E-state index in [1.165, 1.54) is 19.3 Å². The molecule has 0 bridgehead atoms. The SMILES string of the molecule is Cc1ccc(C)c2[nH]c(=O)c(C(c3nnnn3C3CCCCC3)N3CCC(O)CC3)cc12. The summed E-state index contributed by atoms with van der Waals surface area (Å²) in [7, 11) is 0. The molecular weight excluding hydrogens is 404 g/mol. The molecule has 3 heterocycles. The molecule has 1 unspecified atom stereocenters. The van der Waals surface area contributed by atoms with Crippen LogP contribution in [0.1, 0.15) is 79.5 Å². The van der Waals surface area contributed by atoms with Crippen LogP contribution in [0.5, 0.6) is 0 Å². The molecule has 0 radical (unpaired) electrons. The Hall–Kier alpha value is -2.58. The molecule has 2 aromatic heterocycles. The van der Waals surface area contributed by atoms with Crippen molar-refractivity contribution in [3.8, 4) is 0 Å². The number of aryl methyl sites for hydroxylation is 2. The van der Waals surface area contributed by atoms with Crippen LogP contribution in [-0.2, 0) is 0 Å². The number of aliphatic hydroxyl groups is 1. The lowest BCUT2D eigenvalue weighted by molar-refractivity contribution is 0.0651. The van der Waals surface area contributed by atoms with Crippen molar-refractivity contribution in [3.63, 3.8) is 0 Å². The zero-order valence-corrected chi connectivity index (χ0v) is 18.9. The van der Waals surface area contributed by atoms with Gasteiger partial charge in [-0.25, -0.2) is 4.68 Å². The van der Waals surface area contributed by atoms with Crippen LogP contribution in [0, 0.1) is 13.8 Å². The standard InChI is InChI=1S/C24H32N6O2/c1-15-8-9-16(2)21-19(15)14-20(24(32)25-21)22(29-12-10-18(31)11-13-29)23-26-27-28-30(23)17-6-4-3-5-7-17/h8-9,14,17-18,22,31H,3-7,10-13H2,1-2H3,(H,25,32). The average molecular weight is 437 g/mol. The first-order valence-corrected chi connectivity index (χ1v) is 11.9. The second kappa shape index (κ2) is 8.75. The molecule has 1 saturated heterocycles. The molecule has 170 valence electrons. The van der Waals surface area contributed by atoms with Crippen LogP contribution >= 0.6 is 0 Å². The van der Waals surface area contributed by atoms with E-state index in [9.17, 15) is 9.90 Å². The lowest BCUT2D eigenvalue weighted by Gasteiger charge is -2.36. The molecule has 2 N–H and O–H groups in total. The molecule has 5 rings (SSSR count). The minimum Gasteiger partial charge on any atom is -0.393 e. The number of aromatic nitrogens is 5. The number of nitrogens with one attached hydrogen (secondary N) is 1. The van der Waals surface area contributed by atoms with E-state index in [1.54, 1.807) is 0 Å². The molecule has 1 aliphatic heterocycles. The minimum atomic E-state index is -0.340. The van der Waals surface area contributed by atoms with Gasteiger partial charge in [-0.3, -0.25) is 9.69 Å². The van der Waals surface area contributed by atoms with Gasteiger partial charge in [0.25, 0.3) is 5.56 Å². The maximum absolute atomic E-state index is 13.4. The molecule has 1 aliphatic carbocycles. The maximum atomic E-state index is 13.4. The number of nitrogens with zero attached hydrogens (tertiary/aromatic N) is 5. The number of benzene rings is 1. The number of rotatable bonds is 4. The monoisotopic (exact) mass is 436 g/mol. The van der Waals surface area contributed by atoms with Crippen LogP contribution in [0.4, 0.5) is 0 Å². The second-order valence-corrected chi connectivity index (χ2v) is 9.49. The topological polar surface area (TPSA) is 99.9 Å². The van der Waals surface area contributed by atoms with Crippen molar-refractivity contribution in [1.82, 2.24) is 30.1 Å². The number of hydrogen-bond donors (Lipinski definition) is 2. The van der Waals surface area contributed by atoms with Crippen molar-refractivity contribution >= 4 is 10.9 Å². The fourth-order valence-electron chi connectivity index (χ4n) is 5.40. The smallest absolute Gasteiger partial charge is 0.253 e. The van der Waals surface area contributed by atoms with E-state index < -0.39 is 0 Å². The highest BCUT2D eigenvalue weighted by Gasteiger charge is 2.34. The number of likely N-dealkylation sites (tertiary alicyclic amines) is 1. The third kappa shape index (κ3) is 3.86. The first kappa shape index (κ1) is 21.3. The predicted molar refractivity (Wildman–Crippen MR) is 123 cm³/mol. The van der Waals surface area contributed by atoms with Crippen LogP contribution in [0.3, 0.4) is 0 Å². The lowest BCUT2D eigenvalue weighted by atomic mass is 9.94. The summed E-state index contributed by atoms with van der Waals surface area (Å²) in [5.41, 5.74) is 3.65. The Morgan fingerprint density at radius 1 is 1.06 bits per heavy atom. The number of aromatic amines is 1. The van der Waals surface area contributed by atoms with Gasteiger partial charge in [-0.05, 0) is 67.2 Å². The van der Waals surface area contributed by atoms with Gasteiger partial charge in [0, 0.05) is 24.0 Å². The Morgan fingerprint density at radius 2 is 1.78 bits per heavy atom. The molecule has 8 nitrogen and oxygen atoms in total. The third-order valence-corrected chi connectivity index (χ3v) is 7.31. The predicted octanol–water partition coefficient (Wildman–Crippen LogP) is 3.18. The molecule has 2 fully saturated rings. The molecule has 32 heavy (non-hydrogen) atoms. The van der Waals surface area contributed by atoms with Crippen molar-refractivity contribution < 1.29 is 5.11 Å². The van der Waals surface area contributed by atoms with Crippen LogP contribution in [0.2, 0.25) is 0 Å². The number of piperidine rings is 1. The van der Waals surface area contributed by atoms with Crippen LogP contribution in [0.25, 0.3) is 10.9 Å². The Morgan fingerprint density at radius 3 is 2.53 bits per heavy atom. The normalized spacial score (nSPS) is 20.1. The van der Waals surface area contributed by atoms with Gasteiger partial charge in [0.15, 0.2) is 5.82 Å². The number of pyridine rings is 1. The van der Waals surface area contributed by atoms with Crippen molar-refractivity contribution in [1.29, 1.82) is 0 Å². The highest BCUT2D eigenvalue weighted by Crippen LogP contribution is 2.34. The molecule has 1 aromatic carbocycles. The van der Waals surface area contributed by atoms with Gasteiger partial charge < -0.3 is 10.1 Å². The summed E-state index contributed by atoms with van der Waals surface area (Å²) in [6, 6.07) is 6.10. The van der Waals surface area contributed by atoms with Crippen LogP contribution in [-0.4, -0.2) is 54.4 Å². The Kier molecular flexibility index (Phi) is 5.82. The number of tetrazole rings is 1. The first-order chi connectivity index (χ1) is 15.5. The Bertz CT molecular complexity index is 1150. The minimum absolute atomic E-state index is 0.0967. The molecular formula is C24H32N6O2. The molecule has 8 heteroatoms. The number of fused-ring (bicyclic) bond motifs is 1. The average Bonchev–Trinajstić information content (AvgIpc) is 3.28. The van der Waals surface area contributed by atoms with Crippen LogP contribution < -0.4 is 5.56 Å². The summed E-state index contributed by atoms with van der Waals surface area (Å²) in [6.07, 6.45) is 6.83. The second-order valence-electron chi connectivity index (χ2n) is 9.49. The summed E-state index contributed by atoms with van der Waals surface area (Å²) >= 11 is 0. The van der Waals surface area contributed by atoms with Gasteiger partial charge in [0.05, 0.1) is 17.7 Å². The van der Waals surface area contributed by atoms with Gasteiger partial charge >= 0.3 is 0 Å². The highest BCUT2D eigenvalue weighted by atomic mass is 16.3. The first-order valence-electron chi connectivity index (χ1n) is 11.9. The molecule has 3 aromatic rings. The summed E-state index contributed by atoms with van der Waals surface area (Å²) in [5, 5.41) is 24.1. The summed E-state index contributed by atoms with van der Waals surface area (Å²) in [4.78, 5) is 18.8. The highest BCUT2D eigenvalue weighted by molar-refractivity contribution is 5.85. The maximum Gasteiger partial charge on any atom is 0.253 e. The van der Waals surface area contributed by atoms with E-state index in [0.717, 1.165) is 40.7 Å². The van der Waals surface area contributed by atoms with Gasteiger partial charge in [0.1, 0.15) is 6.04 Å². The Labute approximate surface area is 187 Å². The number of hydrogen-bond acceptors (Lipinski definition) is 6. The van der Waals surface area contributed by atoms with Crippen molar-refractivity contribution in [2.75, 3.05) is 13.1 Å². The molecule has 1 saturated carbocycles. The molecule has 1 atom stereocenters. The van der Waals surface area contributed by atoms with E-state index in [0.29, 0.717) is 31.5 Å². The van der Waals surface area contributed by atoms with Gasteiger partial charge in [0.2, 0.25) is 0 Å². The molecule has 2 aliphatic rings. The van der Waals surface area contributed by atoms with Crippen molar-refractivity contribution in [2.45, 2.75) is 77.0 Å². The van der Waals surface area contributed by atoms with Gasteiger partial charge in [-0.2, -0.15) is 0 Å². The summed E-state index contributed by atoms with van der Waals surface area (Å²) in [6.45, 7) is 5.49. The van der Waals surface area contributed by atoms with Gasteiger partial charge in [-0.15, -0.1) is 5.10 Å². The Balaban J connectivity index is 1.65. The number of H-pyrrole nitrogens is 1. The molecule has 0 spiro atoms. The van der Waals surface area contributed by atoms with E-state index in [2.05, 4.69) is 38.4 Å². The largest absolute Gasteiger partial charge is 0.393 e. The fourth-order valence-corrected chi connectivity index (χ4v) is 5.40. The van der Waals surface area contributed by atoms with E-state index in [-0.39, 0.29) is 23.7 Å². The van der Waals surface area contributed by atoms with Crippen molar-refractivity contribution in [3.05, 3.63) is 51.1 Å². The quantitative estimate of drug-likeness (QED) is 0.652. The van der Waals surface area contributed by atoms with E-state index in [1.807, 2.05) is 23.7 Å². The number of aliphatic hydroxyl groups excluding tert-OH is 1. The van der Waals surface area contributed by atoms with E-state index >= 15 is 0 Å². The van der Waals surface area contributed by atoms with Crippen molar-refractivity contribution in [2.24, 2.45) is 0 Å².